The fourth-order valence-corrected chi connectivity index (χ4v) is 2.77. The molecule has 2 aromatic carbocycles. The van der Waals surface area contributed by atoms with Gasteiger partial charge in [0, 0.05) is 18.5 Å². The van der Waals surface area contributed by atoms with E-state index in [2.05, 4.69) is 0 Å². The molecule has 3 nitrogen and oxygen atoms in total. The highest BCUT2D eigenvalue weighted by Crippen LogP contribution is 2.32. The van der Waals surface area contributed by atoms with Crippen LogP contribution in [0.4, 0.5) is 13.2 Å². The molecule has 0 saturated carbocycles. The van der Waals surface area contributed by atoms with Crippen molar-refractivity contribution >= 4 is 5.97 Å². The van der Waals surface area contributed by atoms with Crippen LogP contribution in [0.25, 0.3) is 0 Å². The lowest BCUT2D eigenvalue weighted by molar-refractivity contribution is -0.141. The van der Waals surface area contributed by atoms with Crippen LogP contribution in [0, 0.1) is 23.4 Å². The number of rotatable bonds is 6. The van der Waals surface area contributed by atoms with E-state index >= 15 is 0 Å². The number of carboxylic acids is 1. The summed E-state index contributed by atoms with van der Waals surface area (Å²) < 4.78 is 40.5. The van der Waals surface area contributed by atoms with Gasteiger partial charge in [0.1, 0.15) is 5.82 Å². The van der Waals surface area contributed by atoms with Gasteiger partial charge in [-0.15, -0.1) is 0 Å². The van der Waals surface area contributed by atoms with E-state index in [4.69, 9.17) is 5.73 Å². The van der Waals surface area contributed by atoms with E-state index in [1.807, 2.05) is 0 Å². The fraction of sp³-hybridized carbons (Fsp3) is 0.278. The highest BCUT2D eigenvalue weighted by Gasteiger charge is 2.28. The average molecular weight is 337 g/mol. The summed E-state index contributed by atoms with van der Waals surface area (Å²) in [5, 5.41) is 9.36. The number of halogens is 3. The van der Waals surface area contributed by atoms with E-state index in [-0.39, 0.29) is 18.5 Å². The summed E-state index contributed by atoms with van der Waals surface area (Å²) in [6.07, 6.45) is -0.0759. The summed E-state index contributed by atoms with van der Waals surface area (Å²) in [6.45, 7) is 1.69. The number of hydrogen-bond acceptors (Lipinski definition) is 2. The van der Waals surface area contributed by atoms with Crippen molar-refractivity contribution in [3.05, 3.63) is 70.5 Å². The predicted octanol–water partition coefficient (Wildman–Crippen LogP) is 3.61. The summed E-state index contributed by atoms with van der Waals surface area (Å²) in [4.78, 5) is 11.5. The average Bonchev–Trinajstić information content (AvgIpc) is 2.56. The third kappa shape index (κ3) is 3.76. The molecule has 128 valence electrons. The molecule has 0 amide bonds. The maximum Gasteiger partial charge on any atom is 0.306 e. The Kier molecular flexibility index (Phi) is 5.62. The highest BCUT2D eigenvalue weighted by atomic mass is 19.2. The summed E-state index contributed by atoms with van der Waals surface area (Å²) >= 11 is 0. The molecule has 0 aliphatic rings. The first kappa shape index (κ1) is 18.0. The Hall–Kier alpha value is -2.34. The minimum Gasteiger partial charge on any atom is -0.481 e. The van der Waals surface area contributed by atoms with Gasteiger partial charge in [-0.2, -0.15) is 0 Å². The van der Waals surface area contributed by atoms with Crippen LogP contribution in [-0.2, 0) is 17.8 Å². The van der Waals surface area contributed by atoms with Gasteiger partial charge in [0.25, 0.3) is 0 Å². The molecule has 2 atom stereocenters. The first-order valence-corrected chi connectivity index (χ1v) is 7.49. The van der Waals surface area contributed by atoms with Gasteiger partial charge in [0.2, 0.25) is 0 Å². The molecule has 2 aromatic rings. The largest absolute Gasteiger partial charge is 0.481 e. The van der Waals surface area contributed by atoms with E-state index in [0.29, 0.717) is 11.6 Å². The third-order valence-electron chi connectivity index (χ3n) is 4.20. The predicted molar refractivity (Wildman–Crippen MR) is 83.9 cm³/mol. The molecule has 0 bridgehead atoms. The maximum absolute atomic E-state index is 14.0. The second kappa shape index (κ2) is 7.49. The standard InChI is InChI=1S/C18H18F3NO2/c1-10(18(23)24)14(13-5-3-2-4-11(13)9-22)6-12-7-16(20)17(21)8-15(12)19/h2-5,7-8,10,14H,6,9,22H2,1H3,(H,23,24). The van der Waals surface area contributed by atoms with Crippen LogP contribution in [0.5, 0.6) is 0 Å². The van der Waals surface area contributed by atoms with Crippen LogP contribution in [0.2, 0.25) is 0 Å². The summed E-state index contributed by atoms with van der Waals surface area (Å²) in [5.74, 6) is -5.88. The number of nitrogens with two attached hydrogens (primary N) is 1. The maximum atomic E-state index is 14.0. The van der Waals surface area contributed by atoms with Crippen molar-refractivity contribution in [3.63, 3.8) is 0 Å². The fourth-order valence-electron chi connectivity index (χ4n) is 2.77. The van der Waals surface area contributed by atoms with E-state index in [0.717, 1.165) is 11.6 Å². The molecule has 2 rings (SSSR count). The molecule has 2 unspecified atom stereocenters. The molecule has 6 heteroatoms. The van der Waals surface area contributed by atoms with E-state index in [1.165, 1.54) is 6.92 Å². The van der Waals surface area contributed by atoms with E-state index < -0.39 is 35.3 Å². The number of hydrogen-bond donors (Lipinski definition) is 2. The summed E-state index contributed by atoms with van der Waals surface area (Å²) in [7, 11) is 0. The van der Waals surface area contributed by atoms with Gasteiger partial charge in [-0.25, -0.2) is 13.2 Å². The Bertz CT molecular complexity index is 749. The van der Waals surface area contributed by atoms with Crippen LogP contribution in [0.3, 0.4) is 0 Å². The molecule has 0 aromatic heterocycles. The van der Waals surface area contributed by atoms with Crippen molar-refractivity contribution in [1.29, 1.82) is 0 Å². The molecule has 0 heterocycles. The smallest absolute Gasteiger partial charge is 0.306 e. The molecular weight excluding hydrogens is 319 g/mol. The van der Waals surface area contributed by atoms with Crippen molar-refractivity contribution in [3.8, 4) is 0 Å². The van der Waals surface area contributed by atoms with Crippen molar-refractivity contribution < 1.29 is 23.1 Å². The zero-order chi connectivity index (χ0) is 17.9. The third-order valence-corrected chi connectivity index (χ3v) is 4.20. The van der Waals surface area contributed by atoms with Gasteiger partial charge in [0.15, 0.2) is 11.6 Å². The Morgan fingerprint density at radius 3 is 2.33 bits per heavy atom. The second-order valence-electron chi connectivity index (χ2n) is 5.70. The highest BCUT2D eigenvalue weighted by molar-refractivity contribution is 5.71. The second-order valence-corrected chi connectivity index (χ2v) is 5.70. The molecule has 0 aliphatic carbocycles. The zero-order valence-electron chi connectivity index (χ0n) is 13.1. The van der Waals surface area contributed by atoms with Crippen molar-refractivity contribution in [2.75, 3.05) is 0 Å². The van der Waals surface area contributed by atoms with E-state index in [1.54, 1.807) is 24.3 Å². The lowest BCUT2D eigenvalue weighted by atomic mass is 9.80. The summed E-state index contributed by atoms with van der Waals surface area (Å²) in [5.41, 5.74) is 7.03. The Balaban J connectivity index is 2.48. The minimum atomic E-state index is -1.28. The number of aliphatic carboxylic acids is 1. The zero-order valence-corrected chi connectivity index (χ0v) is 13.1. The van der Waals surface area contributed by atoms with Crippen LogP contribution in [-0.4, -0.2) is 11.1 Å². The van der Waals surface area contributed by atoms with Crippen molar-refractivity contribution in [1.82, 2.24) is 0 Å². The number of carbonyl (C=O) groups is 1. The van der Waals surface area contributed by atoms with Gasteiger partial charge in [-0.05, 0) is 29.2 Å². The van der Waals surface area contributed by atoms with Gasteiger partial charge in [-0.3, -0.25) is 4.79 Å². The molecule has 24 heavy (non-hydrogen) atoms. The normalized spacial score (nSPS) is 13.5. The molecule has 0 fully saturated rings. The van der Waals surface area contributed by atoms with Gasteiger partial charge in [0.05, 0.1) is 5.92 Å². The molecule has 0 radical (unpaired) electrons. The van der Waals surface area contributed by atoms with Crippen LogP contribution < -0.4 is 5.73 Å². The molecule has 0 saturated heterocycles. The van der Waals surface area contributed by atoms with Crippen molar-refractivity contribution in [2.24, 2.45) is 11.7 Å². The van der Waals surface area contributed by atoms with Gasteiger partial charge < -0.3 is 10.8 Å². The Labute approximate surface area is 137 Å². The van der Waals surface area contributed by atoms with Gasteiger partial charge >= 0.3 is 5.97 Å². The lowest BCUT2D eigenvalue weighted by Crippen LogP contribution is -2.23. The number of benzene rings is 2. The van der Waals surface area contributed by atoms with Crippen LogP contribution in [0.15, 0.2) is 36.4 Å². The molecule has 3 N–H and O–H groups in total. The van der Waals surface area contributed by atoms with Crippen molar-refractivity contribution in [2.45, 2.75) is 25.8 Å². The quantitative estimate of drug-likeness (QED) is 0.792. The lowest BCUT2D eigenvalue weighted by Gasteiger charge is -2.24. The number of carboxylic acid groups (broad SMARTS) is 1. The Morgan fingerprint density at radius 1 is 1.08 bits per heavy atom. The topological polar surface area (TPSA) is 63.3 Å². The first-order valence-electron chi connectivity index (χ1n) is 7.49. The first-order chi connectivity index (χ1) is 11.3. The molecule has 0 spiro atoms. The van der Waals surface area contributed by atoms with Crippen LogP contribution >= 0.6 is 0 Å². The van der Waals surface area contributed by atoms with E-state index in [9.17, 15) is 23.1 Å². The molecular formula is C18H18F3NO2. The Morgan fingerprint density at radius 2 is 1.71 bits per heavy atom. The molecule has 0 aliphatic heterocycles. The van der Waals surface area contributed by atoms with Crippen LogP contribution in [0.1, 0.15) is 29.5 Å². The van der Waals surface area contributed by atoms with Gasteiger partial charge in [-0.1, -0.05) is 31.2 Å². The monoisotopic (exact) mass is 337 g/mol. The minimum absolute atomic E-state index is 0.0705. The summed E-state index contributed by atoms with van der Waals surface area (Å²) in [6, 6.07) is 8.24. The SMILES string of the molecule is CC(C(=O)O)C(Cc1cc(F)c(F)cc1F)c1ccccc1CN.